The van der Waals surface area contributed by atoms with Crippen LogP contribution in [-0.4, -0.2) is 23.7 Å². The van der Waals surface area contributed by atoms with Gasteiger partial charge >= 0.3 is 12.0 Å². The first kappa shape index (κ1) is 15.2. The van der Waals surface area contributed by atoms with Gasteiger partial charge in [-0.15, -0.1) is 0 Å². The number of hydrogen-bond donors (Lipinski definition) is 3. The summed E-state index contributed by atoms with van der Waals surface area (Å²) in [5, 5.41) is 13.8. The van der Waals surface area contributed by atoms with Crippen molar-refractivity contribution in [3.8, 4) is 0 Å². The standard InChI is InChI=1S/C14H16F2N2O3/c1-2-14(3-4-14)7-17-13(21)18-11-6-10(16)9(15)5-8(11)12(19)20/h5-6H,2-4,7H2,1H3,(H,19,20)(H2,17,18,21). The summed E-state index contributed by atoms with van der Waals surface area (Å²) >= 11 is 0. The third-order valence-electron chi connectivity index (χ3n) is 3.87. The van der Waals surface area contributed by atoms with Crippen LogP contribution in [0.2, 0.25) is 0 Å². The number of halogens is 2. The molecule has 0 saturated heterocycles. The third-order valence-corrected chi connectivity index (χ3v) is 3.87. The first-order valence-electron chi connectivity index (χ1n) is 6.64. The monoisotopic (exact) mass is 298 g/mol. The molecular weight excluding hydrogens is 282 g/mol. The van der Waals surface area contributed by atoms with Crippen LogP contribution in [0.15, 0.2) is 12.1 Å². The molecule has 1 saturated carbocycles. The lowest BCUT2D eigenvalue weighted by atomic mass is 10.0. The van der Waals surface area contributed by atoms with Gasteiger partial charge in [-0.3, -0.25) is 0 Å². The largest absolute Gasteiger partial charge is 0.478 e. The maximum atomic E-state index is 13.2. The molecule has 5 nitrogen and oxygen atoms in total. The molecule has 1 aliphatic rings. The number of hydrogen-bond acceptors (Lipinski definition) is 2. The van der Waals surface area contributed by atoms with E-state index in [0.29, 0.717) is 18.7 Å². The molecule has 2 amide bonds. The molecule has 0 aromatic heterocycles. The van der Waals surface area contributed by atoms with Crippen LogP contribution in [0.25, 0.3) is 0 Å². The molecule has 0 atom stereocenters. The number of urea groups is 1. The van der Waals surface area contributed by atoms with Crippen LogP contribution in [0.5, 0.6) is 0 Å². The predicted molar refractivity (Wildman–Crippen MR) is 72.3 cm³/mol. The summed E-state index contributed by atoms with van der Waals surface area (Å²) in [5.74, 6) is -3.94. The number of anilines is 1. The van der Waals surface area contributed by atoms with Crippen molar-refractivity contribution in [3.05, 3.63) is 29.3 Å². The molecule has 1 aromatic carbocycles. The first-order valence-corrected chi connectivity index (χ1v) is 6.64. The second kappa shape index (κ2) is 5.67. The summed E-state index contributed by atoms with van der Waals surface area (Å²) in [7, 11) is 0. The minimum atomic E-state index is -1.45. The second-order valence-corrected chi connectivity index (χ2v) is 5.28. The summed E-state index contributed by atoms with van der Waals surface area (Å²) < 4.78 is 26.2. The number of nitrogens with one attached hydrogen (secondary N) is 2. The molecule has 21 heavy (non-hydrogen) atoms. The summed E-state index contributed by atoms with van der Waals surface area (Å²) in [6, 6.07) is 0.565. The van der Waals surface area contributed by atoms with Crippen LogP contribution in [0.1, 0.15) is 36.5 Å². The lowest BCUT2D eigenvalue weighted by Gasteiger charge is -2.15. The number of carbonyl (C=O) groups excluding carboxylic acids is 1. The van der Waals surface area contributed by atoms with Gasteiger partial charge in [0.15, 0.2) is 11.6 Å². The molecule has 1 aliphatic carbocycles. The SMILES string of the molecule is CCC1(CNC(=O)Nc2cc(F)c(F)cc2C(=O)O)CC1. The highest BCUT2D eigenvalue weighted by molar-refractivity contribution is 6.00. The van der Waals surface area contributed by atoms with Gasteiger partial charge in [-0.25, -0.2) is 18.4 Å². The molecule has 0 bridgehead atoms. The molecule has 3 N–H and O–H groups in total. The van der Waals surface area contributed by atoms with Crippen molar-refractivity contribution in [2.45, 2.75) is 26.2 Å². The van der Waals surface area contributed by atoms with Gasteiger partial charge in [0.25, 0.3) is 0 Å². The van der Waals surface area contributed by atoms with E-state index in [4.69, 9.17) is 5.11 Å². The maximum Gasteiger partial charge on any atom is 0.337 e. The zero-order valence-electron chi connectivity index (χ0n) is 11.5. The highest BCUT2D eigenvalue weighted by atomic mass is 19.2. The molecule has 0 heterocycles. The second-order valence-electron chi connectivity index (χ2n) is 5.28. The Morgan fingerprint density at radius 1 is 1.29 bits per heavy atom. The molecule has 0 radical (unpaired) electrons. The zero-order chi connectivity index (χ0) is 15.6. The quantitative estimate of drug-likeness (QED) is 0.782. The molecule has 1 aromatic rings. The van der Waals surface area contributed by atoms with Gasteiger partial charge in [-0.2, -0.15) is 0 Å². The zero-order valence-corrected chi connectivity index (χ0v) is 11.5. The number of rotatable bonds is 5. The van der Waals surface area contributed by atoms with Crippen molar-refractivity contribution in [2.24, 2.45) is 5.41 Å². The fourth-order valence-corrected chi connectivity index (χ4v) is 2.09. The van der Waals surface area contributed by atoms with E-state index in [1.54, 1.807) is 0 Å². The van der Waals surface area contributed by atoms with Crippen LogP contribution in [0.3, 0.4) is 0 Å². The molecule has 2 rings (SSSR count). The highest BCUT2D eigenvalue weighted by Crippen LogP contribution is 2.47. The van der Waals surface area contributed by atoms with Gasteiger partial charge in [0.2, 0.25) is 0 Å². The Balaban J connectivity index is 2.06. The Labute approximate surface area is 120 Å². The van der Waals surface area contributed by atoms with Gasteiger partial charge in [-0.1, -0.05) is 6.92 Å². The van der Waals surface area contributed by atoms with E-state index >= 15 is 0 Å². The van der Waals surface area contributed by atoms with Crippen LogP contribution < -0.4 is 10.6 Å². The van der Waals surface area contributed by atoms with E-state index in [-0.39, 0.29) is 11.1 Å². The van der Waals surface area contributed by atoms with Crippen molar-refractivity contribution in [2.75, 3.05) is 11.9 Å². The van der Waals surface area contributed by atoms with Crippen molar-refractivity contribution in [1.29, 1.82) is 0 Å². The van der Waals surface area contributed by atoms with Crippen molar-refractivity contribution in [1.82, 2.24) is 5.32 Å². The number of benzene rings is 1. The van der Waals surface area contributed by atoms with E-state index in [9.17, 15) is 18.4 Å². The molecular formula is C14H16F2N2O3. The Kier molecular flexibility index (Phi) is 4.11. The topological polar surface area (TPSA) is 78.4 Å². The van der Waals surface area contributed by atoms with Crippen molar-refractivity contribution >= 4 is 17.7 Å². The third kappa shape index (κ3) is 3.48. The van der Waals surface area contributed by atoms with Crippen LogP contribution in [-0.2, 0) is 0 Å². The number of carboxylic acid groups (broad SMARTS) is 1. The van der Waals surface area contributed by atoms with Crippen LogP contribution in [0.4, 0.5) is 19.3 Å². The van der Waals surface area contributed by atoms with Crippen LogP contribution >= 0.6 is 0 Å². The summed E-state index contributed by atoms with van der Waals surface area (Å²) in [5.41, 5.74) is -0.651. The first-order chi connectivity index (χ1) is 9.87. The van der Waals surface area contributed by atoms with E-state index in [2.05, 4.69) is 10.6 Å². The predicted octanol–water partition coefficient (Wildman–Crippen LogP) is 2.97. The van der Waals surface area contributed by atoms with Gasteiger partial charge in [0.1, 0.15) is 0 Å². The van der Waals surface area contributed by atoms with Crippen molar-refractivity contribution < 1.29 is 23.5 Å². The fraction of sp³-hybridized carbons (Fsp3) is 0.429. The van der Waals surface area contributed by atoms with E-state index in [0.717, 1.165) is 19.3 Å². The lowest BCUT2D eigenvalue weighted by Crippen LogP contribution is -2.34. The fourth-order valence-electron chi connectivity index (χ4n) is 2.09. The minimum absolute atomic E-state index is 0.126. The molecule has 114 valence electrons. The average molecular weight is 298 g/mol. The maximum absolute atomic E-state index is 13.2. The molecule has 0 aliphatic heterocycles. The Morgan fingerprint density at radius 2 is 1.90 bits per heavy atom. The molecule has 7 heteroatoms. The van der Waals surface area contributed by atoms with E-state index in [1.807, 2.05) is 6.92 Å². The number of aromatic carboxylic acids is 1. The smallest absolute Gasteiger partial charge is 0.337 e. The van der Waals surface area contributed by atoms with Gasteiger partial charge in [0, 0.05) is 12.6 Å². The minimum Gasteiger partial charge on any atom is -0.478 e. The number of amides is 2. The summed E-state index contributed by atoms with van der Waals surface area (Å²) in [6.07, 6.45) is 3.02. The highest BCUT2D eigenvalue weighted by Gasteiger charge is 2.40. The number of carboxylic acids is 1. The Hall–Kier alpha value is -2.18. The summed E-state index contributed by atoms with van der Waals surface area (Å²) in [6.45, 7) is 2.51. The van der Waals surface area contributed by atoms with Crippen LogP contribution in [0, 0.1) is 17.0 Å². The Morgan fingerprint density at radius 3 is 2.43 bits per heavy atom. The van der Waals surface area contributed by atoms with E-state index < -0.39 is 29.2 Å². The molecule has 0 unspecified atom stereocenters. The molecule has 0 spiro atoms. The average Bonchev–Trinajstić information content (AvgIpc) is 3.21. The Bertz CT molecular complexity index is 586. The normalized spacial score (nSPS) is 15.4. The van der Waals surface area contributed by atoms with Gasteiger partial charge in [-0.05, 0) is 30.7 Å². The summed E-state index contributed by atoms with van der Waals surface area (Å²) in [4.78, 5) is 22.7. The van der Waals surface area contributed by atoms with Crippen molar-refractivity contribution in [3.63, 3.8) is 0 Å². The van der Waals surface area contributed by atoms with E-state index in [1.165, 1.54) is 0 Å². The molecule has 1 fully saturated rings. The van der Waals surface area contributed by atoms with Gasteiger partial charge in [0.05, 0.1) is 11.3 Å². The van der Waals surface area contributed by atoms with Gasteiger partial charge < -0.3 is 15.7 Å². The lowest BCUT2D eigenvalue weighted by molar-refractivity contribution is 0.0697. The number of carbonyl (C=O) groups is 2.